The van der Waals surface area contributed by atoms with Gasteiger partial charge in [0.1, 0.15) is 5.75 Å². The molecule has 2 nitrogen and oxygen atoms in total. The molecule has 0 spiro atoms. The summed E-state index contributed by atoms with van der Waals surface area (Å²) >= 11 is 0. The van der Waals surface area contributed by atoms with Gasteiger partial charge < -0.3 is 5.11 Å². The van der Waals surface area contributed by atoms with Gasteiger partial charge in [-0.05, 0) is 69.7 Å². The summed E-state index contributed by atoms with van der Waals surface area (Å²) in [5, 5.41) is 10.0. The van der Waals surface area contributed by atoms with Gasteiger partial charge in [0.15, 0.2) is 0 Å². The van der Waals surface area contributed by atoms with Crippen LogP contribution in [0.5, 0.6) is 5.75 Å². The number of phenols is 1. The number of benzene rings is 1. The number of phenolic OH excluding ortho intramolecular Hbond substituents is 1. The fourth-order valence-electron chi connectivity index (χ4n) is 3.83. The van der Waals surface area contributed by atoms with Crippen LogP contribution in [0.1, 0.15) is 56.7 Å². The highest BCUT2D eigenvalue weighted by Crippen LogP contribution is 2.43. The molecular weight excluding hydrogens is 222 g/mol. The number of hydrogen-bond acceptors (Lipinski definition) is 2. The Labute approximate surface area is 110 Å². The molecule has 1 unspecified atom stereocenters. The lowest BCUT2D eigenvalue weighted by Crippen LogP contribution is -2.42. The molecule has 1 N–H and O–H groups in total. The summed E-state index contributed by atoms with van der Waals surface area (Å²) in [6.07, 6.45) is 6.06. The maximum Gasteiger partial charge on any atom is 0.119 e. The molecule has 98 valence electrons. The minimum Gasteiger partial charge on any atom is -0.508 e. The van der Waals surface area contributed by atoms with E-state index in [1.807, 2.05) is 12.1 Å². The van der Waals surface area contributed by atoms with Gasteiger partial charge in [-0.3, -0.25) is 4.90 Å². The molecule has 1 aliphatic heterocycles. The predicted octanol–water partition coefficient (Wildman–Crippen LogP) is 3.64. The van der Waals surface area contributed by atoms with Gasteiger partial charge in [0.2, 0.25) is 0 Å². The van der Waals surface area contributed by atoms with E-state index < -0.39 is 0 Å². The average molecular weight is 245 g/mol. The van der Waals surface area contributed by atoms with Gasteiger partial charge in [0.25, 0.3) is 0 Å². The van der Waals surface area contributed by atoms with Crippen molar-refractivity contribution in [1.29, 1.82) is 0 Å². The van der Waals surface area contributed by atoms with Gasteiger partial charge in [-0.1, -0.05) is 12.1 Å². The Balaban J connectivity index is 1.99. The molecule has 0 saturated carbocycles. The average Bonchev–Trinajstić information content (AvgIpc) is 2.69. The van der Waals surface area contributed by atoms with Crippen LogP contribution >= 0.6 is 0 Å². The minimum absolute atomic E-state index is 0.310. The first-order valence-corrected chi connectivity index (χ1v) is 7.17. The van der Waals surface area contributed by atoms with Crippen molar-refractivity contribution in [3.8, 4) is 5.75 Å². The van der Waals surface area contributed by atoms with Gasteiger partial charge in [0, 0.05) is 11.6 Å². The topological polar surface area (TPSA) is 23.5 Å². The van der Waals surface area contributed by atoms with Gasteiger partial charge >= 0.3 is 0 Å². The standard InChI is InChI=1S/C16H23NO/c1-16(2)10-5-11-17(16)14-8-3-7-13-12(14)6-4-9-15(13)18/h4,6,9,14,18H,3,5,7-8,10-11H2,1-2H3. The molecule has 0 bridgehead atoms. The van der Waals surface area contributed by atoms with Crippen LogP contribution in [-0.2, 0) is 6.42 Å². The third kappa shape index (κ3) is 1.83. The molecule has 2 aliphatic rings. The van der Waals surface area contributed by atoms with Crippen molar-refractivity contribution >= 4 is 0 Å². The third-order valence-electron chi connectivity index (χ3n) is 4.79. The van der Waals surface area contributed by atoms with Gasteiger partial charge in [-0.25, -0.2) is 0 Å². The van der Waals surface area contributed by atoms with Crippen molar-refractivity contribution in [2.75, 3.05) is 6.54 Å². The van der Waals surface area contributed by atoms with E-state index in [0.717, 1.165) is 6.42 Å². The number of fused-ring (bicyclic) bond motifs is 1. The lowest BCUT2D eigenvalue weighted by Gasteiger charge is -2.41. The lowest BCUT2D eigenvalue weighted by molar-refractivity contribution is 0.103. The number of rotatable bonds is 1. The molecule has 3 rings (SSSR count). The van der Waals surface area contributed by atoms with Crippen LogP contribution < -0.4 is 0 Å². The summed E-state index contributed by atoms with van der Waals surface area (Å²) < 4.78 is 0. The van der Waals surface area contributed by atoms with Crippen LogP contribution in [0.25, 0.3) is 0 Å². The number of aromatic hydroxyl groups is 1. The maximum absolute atomic E-state index is 10.0. The Hall–Kier alpha value is -1.02. The first kappa shape index (κ1) is 12.0. The summed E-state index contributed by atoms with van der Waals surface area (Å²) in [4.78, 5) is 2.66. The molecular formula is C16H23NO. The summed E-state index contributed by atoms with van der Waals surface area (Å²) in [5.41, 5.74) is 2.87. The van der Waals surface area contributed by atoms with E-state index in [1.165, 1.54) is 43.4 Å². The second kappa shape index (κ2) is 4.27. The van der Waals surface area contributed by atoms with Crippen molar-refractivity contribution in [3.05, 3.63) is 29.3 Å². The van der Waals surface area contributed by atoms with Crippen LogP contribution in [0.2, 0.25) is 0 Å². The van der Waals surface area contributed by atoms with E-state index >= 15 is 0 Å². The molecule has 1 aromatic carbocycles. The molecule has 2 heteroatoms. The molecule has 0 aromatic heterocycles. The highest BCUT2D eigenvalue weighted by molar-refractivity contribution is 5.42. The molecule has 0 amide bonds. The maximum atomic E-state index is 10.0. The van der Waals surface area contributed by atoms with E-state index in [1.54, 1.807) is 0 Å². The Morgan fingerprint density at radius 3 is 2.83 bits per heavy atom. The number of nitrogens with zero attached hydrogens (tertiary/aromatic N) is 1. The fraction of sp³-hybridized carbons (Fsp3) is 0.625. The molecule has 1 aliphatic carbocycles. The van der Waals surface area contributed by atoms with E-state index in [0.29, 0.717) is 17.3 Å². The minimum atomic E-state index is 0.310. The molecule has 1 fully saturated rings. The van der Waals surface area contributed by atoms with Crippen LogP contribution in [0.4, 0.5) is 0 Å². The second-order valence-electron chi connectivity index (χ2n) is 6.36. The molecule has 18 heavy (non-hydrogen) atoms. The van der Waals surface area contributed by atoms with Crippen molar-refractivity contribution in [2.45, 2.75) is 57.5 Å². The summed E-state index contributed by atoms with van der Waals surface area (Å²) in [6, 6.07) is 6.55. The third-order valence-corrected chi connectivity index (χ3v) is 4.79. The summed E-state index contributed by atoms with van der Waals surface area (Å²) in [7, 11) is 0. The monoisotopic (exact) mass is 245 g/mol. The smallest absolute Gasteiger partial charge is 0.119 e. The van der Waals surface area contributed by atoms with Crippen LogP contribution in [-0.4, -0.2) is 22.1 Å². The van der Waals surface area contributed by atoms with Gasteiger partial charge in [0.05, 0.1) is 0 Å². The van der Waals surface area contributed by atoms with Crippen molar-refractivity contribution in [3.63, 3.8) is 0 Å². The summed E-state index contributed by atoms with van der Waals surface area (Å²) in [5.74, 6) is 0.495. The Kier molecular flexibility index (Phi) is 2.86. The molecule has 1 atom stereocenters. The number of hydrogen-bond donors (Lipinski definition) is 1. The molecule has 1 heterocycles. The Morgan fingerprint density at radius 1 is 1.28 bits per heavy atom. The molecule has 1 saturated heterocycles. The van der Waals surface area contributed by atoms with Crippen molar-refractivity contribution in [1.82, 2.24) is 4.90 Å². The first-order valence-electron chi connectivity index (χ1n) is 7.17. The number of likely N-dealkylation sites (tertiary alicyclic amines) is 1. The van der Waals surface area contributed by atoms with Crippen LogP contribution in [0.15, 0.2) is 18.2 Å². The normalized spacial score (nSPS) is 27.1. The van der Waals surface area contributed by atoms with E-state index in [-0.39, 0.29) is 0 Å². The fourth-order valence-corrected chi connectivity index (χ4v) is 3.83. The van der Waals surface area contributed by atoms with Gasteiger partial charge in [-0.15, -0.1) is 0 Å². The molecule has 1 aromatic rings. The Bertz CT molecular complexity index is 452. The summed E-state index contributed by atoms with van der Waals surface area (Å²) in [6.45, 7) is 5.92. The van der Waals surface area contributed by atoms with Crippen molar-refractivity contribution < 1.29 is 5.11 Å². The zero-order valence-corrected chi connectivity index (χ0v) is 11.4. The SMILES string of the molecule is CC1(C)CCCN1C1CCCc2c(O)cccc21. The largest absolute Gasteiger partial charge is 0.508 e. The van der Waals surface area contributed by atoms with E-state index in [4.69, 9.17) is 0 Å². The highest BCUT2D eigenvalue weighted by Gasteiger charge is 2.39. The highest BCUT2D eigenvalue weighted by atomic mass is 16.3. The second-order valence-corrected chi connectivity index (χ2v) is 6.36. The predicted molar refractivity (Wildman–Crippen MR) is 73.8 cm³/mol. The Morgan fingerprint density at radius 2 is 2.11 bits per heavy atom. The first-order chi connectivity index (χ1) is 8.59. The zero-order valence-electron chi connectivity index (χ0n) is 11.4. The van der Waals surface area contributed by atoms with E-state index in [2.05, 4.69) is 24.8 Å². The zero-order chi connectivity index (χ0) is 12.8. The molecule has 0 radical (unpaired) electrons. The van der Waals surface area contributed by atoms with Crippen LogP contribution in [0, 0.1) is 0 Å². The van der Waals surface area contributed by atoms with E-state index in [9.17, 15) is 5.11 Å². The van der Waals surface area contributed by atoms with Gasteiger partial charge in [-0.2, -0.15) is 0 Å². The van der Waals surface area contributed by atoms with Crippen LogP contribution in [0.3, 0.4) is 0 Å². The quantitative estimate of drug-likeness (QED) is 0.816. The lowest BCUT2D eigenvalue weighted by atomic mass is 9.84. The van der Waals surface area contributed by atoms with Crippen molar-refractivity contribution in [2.24, 2.45) is 0 Å².